The molecule has 116 valence electrons. The molecular formula is C16H23NO4. The number of epoxide rings is 1. The van der Waals surface area contributed by atoms with Crippen molar-refractivity contribution in [1.82, 2.24) is 5.32 Å². The van der Waals surface area contributed by atoms with E-state index in [1.54, 1.807) is 7.11 Å². The molecule has 1 aliphatic heterocycles. The first-order chi connectivity index (χ1) is 9.87. The van der Waals surface area contributed by atoms with Gasteiger partial charge in [-0.1, -0.05) is 12.1 Å². The van der Waals surface area contributed by atoms with Gasteiger partial charge in [0.2, 0.25) is 0 Å². The standard InChI is InChI=1S/C16H23NO4/c1-16(2,3)21-15(18)17-13(14-10-20-14)9-11-5-7-12(19-4)8-6-11/h5-8,13-14H,9-10H2,1-4H3,(H,17,18)/t13-,14-/m0/s1. The molecule has 21 heavy (non-hydrogen) atoms. The molecule has 2 rings (SSSR count). The van der Waals surface area contributed by atoms with Crippen LogP contribution < -0.4 is 10.1 Å². The monoisotopic (exact) mass is 293 g/mol. The van der Waals surface area contributed by atoms with Gasteiger partial charge in [-0.15, -0.1) is 0 Å². The Hall–Kier alpha value is -1.75. The summed E-state index contributed by atoms with van der Waals surface area (Å²) in [4.78, 5) is 11.9. The number of ether oxygens (including phenoxy) is 3. The second-order valence-corrected chi connectivity index (χ2v) is 6.18. The van der Waals surface area contributed by atoms with Crippen LogP contribution in [0.2, 0.25) is 0 Å². The minimum Gasteiger partial charge on any atom is -0.497 e. The van der Waals surface area contributed by atoms with Crippen LogP contribution in [-0.2, 0) is 15.9 Å². The lowest BCUT2D eigenvalue weighted by Crippen LogP contribution is -2.43. The van der Waals surface area contributed by atoms with Gasteiger partial charge in [0.1, 0.15) is 17.5 Å². The lowest BCUT2D eigenvalue weighted by atomic mass is 10.0. The Morgan fingerprint density at radius 3 is 2.48 bits per heavy atom. The van der Waals surface area contributed by atoms with E-state index in [1.165, 1.54) is 0 Å². The van der Waals surface area contributed by atoms with E-state index in [9.17, 15) is 4.79 Å². The molecule has 1 amide bonds. The average molecular weight is 293 g/mol. The molecule has 1 aliphatic rings. The number of hydrogen-bond donors (Lipinski definition) is 1. The Bertz CT molecular complexity index is 474. The fourth-order valence-corrected chi connectivity index (χ4v) is 2.04. The van der Waals surface area contributed by atoms with E-state index in [2.05, 4.69) is 5.32 Å². The molecule has 0 spiro atoms. The maximum atomic E-state index is 11.9. The SMILES string of the molecule is COc1ccc(C[C@H](NC(=O)OC(C)(C)C)[C@@H]2CO2)cc1. The number of rotatable bonds is 5. The highest BCUT2D eigenvalue weighted by Gasteiger charge is 2.34. The fourth-order valence-electron chi connectivity index (χ4n) is 2.04. The molecule has 0 aliphatic carbocycles. The first-order valence-corrected chi connectivity index (χ1v) is 7.11. The molecular weight excluding hydrogens is 270 g/mol. The van der Waals surface area contributed by atoms with Gasteiger partial charge < -0.3 is 19.5 Å². The van der Waals surface area contributed by atoms with E-state index in [1.807, 2.05) is 45.0 Å². The lowest BCUT2D eigenvalue weighted by Gasteiger charge is -2.23. The Morgan fingerprint density at radius 1 is 1.38 bits per heavy atom. The third kappa shape index (κ3) is 5.27. The molecule has 0 radical (unpaired) electrons. The number of amides is 1. The van der Waals surface area contributed by atoms with Crippen molar-refractivity contribution in [2.75, 3.05) is 13.7 Å². The minimum absolute atomic E-state index is 0.0691. The maximum Gasteiger partial charge on any atom is 0.407 e. The molecule has 1 fully saturated rings. The van der Waals surface area contributed by atoms with Crippen LogP contribution in [0.1, 0.15) is 26.3 Å². The molecule has 5 heteroatoms. The highest BCUT2D eigenvalue weighted by Crippen LogP contribution is 2.20. The highest BCUT2D eigenvalue weighted by molar-refractivity contribution is 5.68. The van der Waals surface area contributed by atoms with Gasteiger partial charge in [0, 0.05) is 0 Å². The number of hydrogen-bond acceptors (Lipinski definition) is 4. The summed E-state index contributed by atoms with van der Waals surface area (Å²) in [5.74, 6) is 0.818. The normalized spacial score (nSPS) is 18.8. The molecule has 0 bridgehead atoms. The second kappa shape index (κ2) is 6.35. The molecule has 1 heterocycles. The van der Waals surface area contributed by atoms with E-state index in [4.69, 9.17) is 14.2 Å². The lowest BCUT2D eigenvalue weighted by molar-refractivity contribution is 0.0495. The van der Waals surface area contributed by atoms with Gasteiger partial charge in [-0.05, 0) is 44.9 Å². The Labute approximate surface area is 125 Å². The zero-order chi connectivity index (χ0) is 15.5. The van der Waals surface area contributed by atoms with E-state index < -0.39 is 11.7 Å². The highest BCUT2D eigenvalue weighted by atomic mass is 16.6. The zero-order valence-corrected chi connectivity index (χ0v) is 13.0. The summed E-state index contributed by atoms with van der Waals surface area (Å²) < 4.78 is 15.8. The van der Waals surface area contributed by atoms with Crippen LogP contribution in [0.25, 0.3) is 0 Å². The van der Waals surface area contributed by atoms with Crippen molar-refractivity contribution in [3.63, 3.8) is 0 Å². The third-order valence-corrected chi connectivity index (χ3v) is 3.12. The molecule has 0 saturated carbocycles. The van der Waals surface area contributed by atoms with Crippen molar-refractivity contribution >= 4 is 6.09 Å². The van der Waals surface area contributed by atoms with Gasteiger partial charge in [-0.3, -0.25) is 0 Å². The van der Waals surface area contributed by atoms with Gasteiger partial charge in [-0.2, -0.15) is 0 Å². The largest absolute Gasteiger partial charge is 0.497 e. The van der Waals surface area contributed by atoms with Gasteiger partial charge in [0.15, 0.2) is 0 Å². The first kappa shape index (κ1) is 15.6. The summed E-state index contributed by atoms with van der Waals surface area (Å²) in [7, 11) is 1.64. The summed E-state index contributed by atoms with van der Waals surface area (Å²) in [6.45, 7) is 6.21. The van der Waals surface area contributed by atoms with Crippen molar-refractivity contribution in [2.24, 2.45) is 0 Å². The molecule has 1 N–H and O–H groups in total. The van der Waals surface area contributed by atoms with E-state index in [-0.39, 0.29) is 12.1 Å². The Balaban J connectivity index is 1.94. The van der Waals surface area contributed by atoms with Crippen molar-refractivity contribution in [2.45, 2.75) is 44.9 Å². The molecule has 1 aromatic rings. The second-order valence-electron chi connectivity index (χ2n) is 6.18. The van der Waals surface area contributed by atoms with Gasteiger partial charge in [0.05, 0.1) is 19.8 Å². The fraction of sp³-hybridized carbons (Fsp3) is 0.562. The van der Waals surface area contributed by atoms with Crippen molar-refractivity contribution in [1.29, 1.82) is 0 Å². The summed E-state index contributed by atoms with van der Waals surface area (Å²) in [5.41, 5.74) is 0.617. The van der Waals surface area contributed by atoms with Gasteiger partial charge in [-0.25, -0.2) is 4.79 Å². The van der Waals surface area contributed by atoms with Gasteiger partial charge in [0.25, 0.3) is 0 Å². The van der Waals surface area contributed by atoms with Crippen LogP contribution >= 0.6 is 0 Å². The summed E-state index contributed by atoms with van der Waals surface area (Å²) >= 11 is 0. The Kier molecular flexibility index (Phi) is 4.73. The molecule has 0 aromatic heterocycles. The average Bonchev–Trinajstić information content (AvgIpc) is 3.21. The smallest absolute Gasteiger partial charge is 0.407 e. The quantitative estimate of drug-likeness (QED) is 0.848. The molecule has 5 nitrogen and oxygen atoms in total. The van der Waals surface area contributed by atoms with Crippen molar-refractivity contribution in [3.05, 3.63) is 29.8 Å². The van der Waals surface area contributed by atoms with Crippen LogP contribution in [0.3, 0.4) is 0 Å². The number of methoxy groups -OCH3 is 1. The van der Waals surface area contributed by atoms with Crippen LogP contribution in [-0.4, -0.2) is 37.6 Å². The van der Waals surface area contributed by atoms with Gasteiger partial charge >= 0.3 is 6.09 Å². The predicted octanol–water partition coefficient (Wildman–Crippen LogP) is 2.53. The van der Waals surface area contributed by atoms with E-state index >= 15 is 0 Å². The predicted molar refractivity (Wildman–Crippen MR) is 79.6 cm³/mol. The molecule has 1 aromatic carbocycles. The van der Waals surface area contributed by atoms with E-state index in [0.717, 1.165) is 11.3 Å². The topological polar surface area (TPSA) is 60.1 Å². The zero-order valence-electron chi connectivity index (χ0n) is 13.0. The number of benzene rings is 1. The number of carbonyl (C=O) groups excluding carboxylic acids is 1. The Morgan fingerprint density at radius 2 is 2.00 bits per heavy atom. The van der Waals surface area contributed by atoms with Crippen molar-refractivity contribution in [3.8, 4) is 5.75 Å². The molecule has 1 saturated heterocycles. The number of carbonyl (C=O) groups is 1. The molecule has 0 unspecified atom stereocenters. The van der Waals surface area contributed by atoms with Crippen molar-refractivity contribution < 1.29 is 19.0 Å². The summed E-state index contributed by atoms with van der Waals surface area (Å²) in [6.07, 6.45) is 0.365. The van der Waals surface area contributed by atoms with Crippen LogP contribution in [0, 0.1) is 0 Å². The summed E-state index contributed by atoms with van der Waals surface area (Å²) in [5, 5.41) is 2.90. The maximum absolute atomic E-state index is 11.9. The minimum atomic E-state index is -0.501. The number of nitrogens with one attached hydrogen (secondary N) is 1. The first-order valence-electron chi connectivity index (χ1n) is 7.11. The number of alkyl carbamates (subject to hydrolysis) is 1. The van der Waals surface area contributed by atoms with Crippen LogP contribution in [0.4, 0.5) is 4.79 Å². The molecule has 2 atom stereocenters. The summed E-state index contributed by atoms with van der Waals surface area (Å²) in [6, 6.07) is 7.73. The van der Waals surface area contributed by atoms with E-state index in [0.29, 0.717) is 13.0 Å². The van der Waals surface area contributed by atoms with Crippen LogP contribution in [0.15, 0.2) is 24.3 Å². The third-order valence-electron chi connectivity index (χ3n) is 3.12. The van der Waals surface area contributed by atoms with Crippen LogP contribution in [0.5, 0.6) is 5.75 Å².